The lowest BCUT2D eigenvalue weighted by Gasteiger charge is -2.12. The van der Waals surface area contributed by atoms with Gasteiger partial charge in [-0.2, -0.15) is 4.98 Å². The lowest BCUT2D eigenvalue weighted by molar-refractivity contribution is 0.122. The van der Waals surface area contributed by atoms with E-state index >= 15 is 0 Å². The van der Waals surface area contributed by atoms with Crippen LogP contribution < -0.4 is 11.1 Å². The maximum atomic E-state index is 10.4. The van der Waals surface area contributed by atoms with Gasteiger partial charge in [-0.05, 0) is 25.0 Å². The summed E-state index contributed by atoms with van der Waals surface area (Å²) in [6.07, 6.45) is 3.03. The number of nitrogens with two attached hydrogens (primary N) is 1. The van der Waals surface area contributed by atoms with E-state index in [4.69, 9.17) is 17.3 Å². The van der Waals surface area contributed by atoms with Crippen molar-refractivity contribution in [2.24, 2.45) is 0 Å². The molecule has 0 amide bonds. The van der Waals surface area contributed by atoms with Crippen LogP contribution in [0.2, 0.25) is 5.02 Å². The minimum absolute atomic E-state index is 0.0994. The third-order valence-electron chi connectivity index (χ3n) is 3.04. The third kappa shape index (κ3) is 4.22. The average Bonchev–Trinajstić information content (AvgIpc) is 3.12. The van der Waals surface area contributed by atoms with E-state index < -0.39 is 5.60 Å². The molecule has 0 saturated heterocycles. The molecule has 0 fully saturated rings. The molecule has 3 heterocycles. The topological polar surface area (TPSA) is 110 Å². The monoisotopic (exact) mass is 372 g/mol. The maximum absolute atomic E-state index is 10.4. The SMILES string of the molecule is CC(O)(C#Cc1cccc(Nc2nc(N)ncc2Cl)n1)c1nccs1. The van der Waals surface area contributed by atoms with E-state index in [0.29, 0.717) is 27.4 Å². The first kappa shape index (κ1) is 17.1. The van der Waals surface area contributed by atoms with E-state index in [1.165, 1.54) is 17.5 Å². The number of nitrogens with one attached hydrogen (secondary N) is 1. The van der Waals surface area contributed by atoms with Crippen LogP contribution in [0.1, 0.15) is 17.6 Å². The van der Waals surface area contributed by atoms with Gasteiger partial charge < -0.3 is 16.2 Å². The second-order valence-corrected chi connectivity index (χ2v) is 6.42. The zero-order valence-electron chi connectivity index (χ0n) is 13.1. The molecule has 0 aliphatic heterocycles. The van der Waals surface area contributed by atoms with Gasteiger partial charge in [0.2, 0.25) is 5.95 Å². The summed E-state index contributed by atoms with van der Waals surface area (Å²) in [6.45, 7) is 1.59. The van der Waals surface area contributed by atoms with E-state index in [-0.39, 0.29) is 5.95 Å². The highest BCUT2D eigenvalue weighted by atomic mass is 35.5. The maximum Gasteiger partial charge on any atom is 0.222 e. The molecular weight excluding hydrogens is 360 g/mol. The van der Waals surface area contributed by atoms with Crippen LogP contribution in [-0.4, -0.2) is 25.0 Å². The molecule has 25 heavy (non-hydrogen) atoms. The first-order valence-electron chi connectivity index (χ1n) is 7.12. The largest absolute Gasteiger partial charge is 0.371 e. The molecule has 3 aromatic rings. The summed E-state index contributed by atoms with van der Waals surface area (Å²) >= 11 is 7.36. The number of thiazole rings is 1. The first-order chi connectivity index (χ1) is 11.9. The van der Waals surface area contributed by atoms with Crippen LogP contribution in [0.4, 0.5) is 17.6 Å². The molecule has 0 aliphatic rings. The van der Waals surface area contributed by atoms with Crippen LogP contribution in [0, 0.1) is 11.8 Å². The Balaban J connectivity index is 1.83. The van der Waals surface area contributed by atoms with Crippen molar-refractivity contribution < 1.29 is 5.11 Å². The second kappa shape index (κ2) is 7.03. The van der Waals surface area contributed by atoms with E-state index in [9.17, 15) is 5.11 Å². The van der Waals surface area contributed by atoms with Gasteiger partial charge in [-0.3, -0.25) is 0 Å². The molecule has 3 aromatic heterocycles. The Morgan fingerprint density at radius 3 is 2.92 bits per heavy atom. The van der Waals surface area contributed by atoms with Gasteiger partial charge in [-0.1, -0.05) is 23.6 Å². The summed E-state index contributed by atoms with van der Waals surface area (Å²) in [6, 6.07) is 5.24. The van der Waals surface area contributed by atoms with Gasteiger partial charge in [0.15, 0.2) is 11.4 Å². The quantitative estimate of drug-likeness (QED) is 0.606. The van der Waals surface area contributed by atoms with Crippen molar-refractivity contribution in [1.82, 2.24) is 19.9 Å². The fourth-order valence-corrected chi connectivity index (χ4v) is 2.66. The van der Waals surface area contributed by atoms with Gasteiger partial charge in [0.1, 0.15) is 21.5 Å². The summed E-state index contributed by atoms with van der Waals surface area (Å²) in [7, 11) is 0. The summed E-state index contributed by atoms with van der Waals surface area (Å²) in [5, 5.41) is 16.0. The molecule has 0 radical (unpaired) electrons. The molecule has 4 N–H and O–H groups in total. The van der Waals surface area contributed by atoms with E-state index in [0.717, 1.165) is 0 Å². The second-order valence-electron chi connectivity index (χ2n) is 5.12. The van der Waals surface area contributed by atoms with Gasteiger partial charge in [0, 0.05) is 11.6 Å². The minimum atomic E-state index is -1.34. The van der Waals surface area contributed by atoms with Crippen LogP contribution >= 0.6 is 22.9 Å². The first-order valence-corrected chi connectivity index (χ1v) is 8.37. The summed E-state index contributed by atoms with van der Waals surface area (Å²) in [4.78, 5) is 16.3. The molecule has 0 aromatic carbocycles. The van der Waals surface area contributed by atoms with Crippen LogP contribution in [0.15, 0.2) is 36.0 Å². The van der Waals surface area contributed by atoms with Crippen molar-refractivity contribution in [3.05, 3.63) is 51.7 Å². The summed E-state index contributed by atoms with van der Waals surface area (Å²) < 4.78 is 0. The van der Waals surface area contributed by atoms with Crippen LogP contribution in [0.3, 0.4) is 0 Å². The number of hydrogen-bond donors (Lipinski definition) is 3. The molecule has 0 spiro atoms. The Morgan fingerprint density at radius 1 is 1.32 bits per heavy atom. The predicted octanol–water partition coefficient (Wildman–Crippen LogP) is 2.57. The zero-order chi connectivity index (χ0) is 17.9. The lowest BCUT2D eigenvalue weighted by Crippen LogP contribution is -2.18. The van der Waals surface area contributed by atoms with Gasteiger partial charge in [0.05, 0.1) is 6.20 Å². The molecular formula is C16H13ClN6OS. The molecule has 3 rings (SSSR count). The smallest absolute Gasteiger partial charge is 0.222 e. The minimum Gasteiger partial charge on any atom is -0.371 e. The number of aliphatic hydroxyl groups is 1. The number of pyridine rings is 1. The van der Waals surface area contributed by atoms with Crippen molar-refractivity contribution >= 4 is 40.5 Å². The average molecular weight is 373 g/mol. The van der Waals surface area contributed by atoms with E-state index in [1.807, 2.05) is 0 Å². The number of aromatic nitrogens is 4. The van der Waals surface area contributed by atoms with Crippen molar-refractivity contribution in [3.8, 4) is 11.8 Å². The van der Waals surface area contributed by atoms with Gasteiger partial charge in [0.25, 0.3) is 0 Å². The number of nitrogen functional groups attached to an aromatic ring is 1. The summed E-state index contributed by atoms with van der Waals surface area (Å²) in [5.74, 6) is 6.57. The van der Waals surface area contributed by atoms with E-state index in [1.54, 1.807) is 36.7 Å². The lowest BCUT2D eigenvalue weighted by atomic mass is 10.1. The molecule has 9 heteroatoms. The Hall–Kier alpha value is -2.73. The molecule has 0 bridgehead atoms. The Kier molecular flexibility index (Phi) is 4.81. The molecule has 7 nitrogen and oxygen atoms in total. The fraction of sp³-hybridized carbons (Fsp3) is 0.125. The van der Waals surface area contributed by atoms with Crippen molar-refractivity contribution in [3.63, 3.8) is 0 Å². The Morgan fingerprint density at radius 2 is 2.16 bits per heavy atom. The van der Waals surface area contributed by atoms with Gasteiger partial charge in [-0.25, -0.2) is 15.0 Å². The normalized spacial score (nSPS) is 12.8. The van der Waals surface area contributed by atoms with Crippen LogP contribution in [-0.2, 0) is 5.60 Å². The Bertz CT molecular complexity index is 949. The molecule has 0 saturated carbocycles. The highest BCUT2D eigenvalue weighted by Gasteiger charge is 2.22. The number of anilines is 3. The molecule has 1 atom stereocenters. The van der Waals surface area contributed by atoms with Crippen molar-refractivity contribution in [2.75, 3.05) is 11.1 Å². The van der Waals surface area contributed by atoms with Gasteiger partial charge in [-0.15, -0.1) is 11.3 Å². The molecule has 1 unspecified atom stereocenters. The van der Waals surface area contributed by atoms with Gasteiger partial charge >= 0.3 is 0 Å². The molecule has 0 aliphatic carbocycles. The summed E-state index contributed by atoms with van der Waals surface area (Å²) in [5.41, 5.74) is 4.69. The fourth-order valence-electron chi connectivity index (χ4n) is 1.87. The van der Waals surface area contributed by atoms with Crippen LogP contribution in [0.5, 0.6) is 0 Å². The molecule has 126 valence electrons. The number of rotatable bonds is 3. The van der Waals surface area contributed by atoms with Crippen LogP contribution in [0.25, 0.3) is 0 Å². The number of halogens is 1. The van der Waals surface area contributed by atoms with Crippen molar-refractivity contribution in [2.45, 2.75) is 12.5 Å². The van der Waals surface area contributed by atoms with Crippen molar-refractivity contribution in [1.29, 1.82) is 0 Å². The van der Waals surface area contributed by atoms with E-state index in [2.05, 4.69) is 37.1 Å². The highest BCUT2D eigenvalue weighted by molar-refractivity contribution is 7.09. The third-order valence-corrected chi connectivity index (χ3v) is 4.30. The highest BCUT2D eigenvalue weighted by Crippen LogP contribution is 2.23. The number of nitrogens with zero attached hydrogens (tertiary/aromatic N) is 4. The zero-order valence-corrected chi connectivity index (χ0v) is 14.6. The predicted molar refractivity (Wildman–Crippen MR) is 97.5 cm³/mol. The number of hydrogen-bond acceptors (Lipinski definition) is 8. The standard InChI is InChI=1S/C16H13ClN6OS/c1-16(24,14-19-7-8-25-14)6-5-10-3-2-4-12(21-10)22-13-11(17)9-20-15(18)23-13/h2-4,7-9,24H,1H3,(H3,18,20,21,22,23). The Labute approximate surface area is 153 Å².